The summed E-state index contributed by atoms with van der Waals surface area (Å²) >= 11 is 3.65. The summed E-state index contributed by atoms with van der Waals surface area (Å²) in [5, 5.41) is 3.46. The van der Waals surface area contributed by atoms with E-state index < -0.39 is 0 Å². The maximum atomic E-state index is 5.43. The molecule has 0 aliphatic heterocycles. The highest BCUT2D eigenvalue weighted by molar-refractivity contribution is 9.10. The van der Waals surface area contributed by atoms with Crippen LogP contribution in [0, 0.1) is 13.8 Å². The van der Waals surface area contributed by atoms with Gasteiger partial charge in [-0.3, -0.25) is 4.40 Å². The molecule has 27 heavy (non-hydrogen) atoms. The number of nitrogens with one attached hydrogen (secondary N) is 1. The molecule has 4 aromatic rings. The van der Waals surface area contributed by atoms with E-state index in [1.165, 1.54) is 5.56 Å². The van der Waals surface area contributed by atoms with Gasteiger partial charge < -0.3 is 14.8 Å². The predicted octanol–water partition coefficient (Wildman–Crippen LogP) is 5.02. The van der Waals surface area contributed by atoms with Gasteiger partial charge in [0, 0.05) is 16.6 Å². The first-order valence-electron chi connectivity index (χ1n) is 8.43. The summed E-state index contributed by atoms with van der Waals surface area (Å²) in [6.45, 7) is 4.15. The van der Waals surface area contributed by atoms with Gasteiger partial charge in [-0.25, -0.2) is 9.97 Å². The number of imidazole rings is 1. The summed E-state index contributed by atoms with van der Waals surface area (Å²) in [6.07, 6.45) is 3.57. The first-order chi connectivity index (χ1) is 13.0. The highest BCUT2D eigenvalue weighted by atomic mass is 79.9. The molecule has 138 valence electrons. The average Bonchev–Trinajstić information content (AvgIpc) is 3.13. The molecule has 2 aromatic heterocycles. The monoisotopic (exact) mass is 426 g/mol. The van der Waals surface area contributed by atoms with Gasteiger partial charge in [0.15, 0.2) is 17.3 Å². The zero-order chi connectivity index (χ0) is 19.1. The quantitative estimate of drug-likeness (QED) is 0.496. The Bertz CT molecular complexity index is 1150. The Morgan fingerprint density at radius 3 is 2.44 bits per heavy atom. The first-order valence-corrected chi connectivity index (χ1v) is 9.22. The molecule has 0 bridgehead atoms. The van der Waals surface area contributed by atoms with Gasteiger partial charge in [0.25, 0.3) is 0 Å². The molecule has 1 N–H and O–H groups in total. The lowest BCUT2D eigenvalue weighted by molar-refractivity contribution is 0.355. The van der Waals surface area contributed by atoms with E-state index in [4.69, 9.17) is 14.5 Å². The SMILES string of the molecule is COc1cc2nc(Nc3c(C)cc(C)cc3Br)c3cncn3c2cc1OC. The molecule has 0 fully saturated rings. The third-order valence-electron chi connectivity index (χ3n) is 4.53. The van der Waals surface area contributed by atoms with E-state index in [0.29, 0.717) is 11.5 Å². The minimum Gasteiger partial charge on any atom is -0.493 e. The lowest BCUT2D eigenvalue weighted by Crippen LogP contribution is -2.02. The third-order valence-corrected chi connectivity index (χ3v) is 5.15. The Hall–Kier alpha value is -2.80. The van der Waals surface area contributed by atoms with Crippen molar-refractivity contribution < 1.29 is 9.47 Å². The molecule has 6 nitrogen and oxygen atoms in total. The summed E-state index contributed by atoms with van der Waals surface area (Å²) in [7, 11) is 3.24. The number of fused-ring (bicyclic) bond motifs is 3. The zero-order valence-corrected chi connectivity index (χ0v) is 17.1. The summed E-state index contributed by atoms with van der Waals surface area (Å²) in [6, 6.07) is 8.00. The van der Waals surface area contributed by atoms with Crippen molar-refractivity contribution in [2.45, 2.75) is 13.8 Å². The highest BCUT2D eigenvalue weighted by Gasteiger charge is 2.15. The number of aryl methyl sites for hydroxylation is 2. The molecule has 4 rings (SSSR count). The molecule has 2 aromatic carbocycles. The van der Waals surface area contributed by atoms with Crippen LogP contribution < -0.4 is 14.8 Å². The van der Waals surface area contributed by atoms with E-state index in [9.17, 15) is 0 Å². The minimum absolute atomic E-state index is 0.635. The largest absolute Gasteiger partial charge is 0.493 e. The molecule has 2 heterocycles. The van der Waals surface area contributed by atoms with Crippen molar-refractivity contribution in [2.24, 2.45) is 0 Å². The fourth-order valence-electron chi connectivity index (χ4n) is 3.26. The standard InChI is InChI=1S/C20H19BrN4O2/c1-11-5-12(2)19(13(21)6-11)24-20-16-9-22-10-25(16)15-8-18(27-4)17(26-3)7-14(15)23-20/h5-10H,1-4H3,(H,23,24). The Kier molecular flexibility index (Phi) is 4.39. The lowest BCUT2D eigenvalue weighted by Gasteiger charge is -2.15. The molecule has 7 heteroatoms. The summed E-state index contributed by atoms with van der Waals surface area (Å²) in [4.78, 5) is 9.14. The molecule has 0 aliphatic carbocycles. The predicted molar refractivity (Wildman–Crippen MR) is 110 cm³/mol. The van der Waals surface area contributed by atoms with Crippen molar-refractivity contribution in [1.82, 2.24) is 14.4 Å². The second-order valence-electron chi connectivity index (χ2n) is 6.37. The fourth-order valence-corrected chi connectivity index (χ4v) is 4.04. The van der Waals surface area contributed by atoms with E-state index in [2.05, 4.69) is 52.2 Å². The molecule has 0 spiro atoms. The van der Waals surface area contributed by atoms with Gasteiger partial charge in [0.1, 0.15) is 5.52 Å². The van der Waals surface area contributed by atoms with Crippen LogP contribution in [-0.4, -0.2) is 28.6 Å². The van der Waals surface area contributed by atoms with Gasteiger partial charge >= 0.3 is 0 Å². The number of hydrogen-bond acceptors (Lipinski definition) is 5. The van der Waals surface area contributed by atoms with Crippen LogP contribution >= 0.6 is 15.9 Å². The summed E-state index contributed by atoms with van der Waals surface area (Å²) in [5.74, 6) is 2.01. The normalized spacial score (nSPS) is 11.1. The maximum Gasteiger partial charge on any atom is 0.163 e. The molecule has 0 amide bonds. The number of hydrogen-bond donors (Lipinski definition) is 1. The Labute approximate surface area is 165 Å². The Morgan fingerprint density at radius 1 is 1.00 bits per heavy atom. The number of aromatic nitrogens is 3. The smallest absolute Gasteiger partial charge is 0.163 e. The third kappa shape index (κ3) is 2.98. The van der Waals surface area contributed by atoms with Crippen LogP contribution in [0.15, 0.2) is 41.3 Å². The van der Waals surface area contributed by atoms with E-state index in [-0.39, 0.29) is 0 Å². The molecular weight excluding hydrogens is 408 g/mol. The zero-order valence-electron chi connectivity index (χ0n) is 15.5. The maximum absolute atomic E-state index is 5.43. The summed E-state index contributed by atoms with van der Waals surface area (Å²) in [5.41, 5.74) is 5.86. The van der Waals surface area contributed by atoms with Gasteiger partial charge in [-0.05, 0) is 47.0 Å². The number of halogens is 1. The van der Waals surface area contributed by atoms with Crippen molar-refractivity contribution >= 4 is 44.0 Å². The van der Waals surface area contributed by atoms with Gasteiger partial charge in [0.05, 0.1) is 43.5 Å². The molecule has 0 saturated carbocycles. The van der Waals surface area contributed by atoms with Gasteiger partial charge in [0.2, 0.25) is 0 Å². The van der Waals surface area contributed by atoms with Crippen LogP contribution in [-0.2, 0) is 0 Å². The number of methoxy groups -OCH3 is 2. The molecule has 0 saturated heterocycles. The van der Waals surface area contributed by atoms with Crippen molar-refractivity contribution in [3.63, 3.8) is 0 Å². The average molecular weight is 427 g/mol. The topological polar surface area (TPSA) is 60.7 Å². The van der Waals surface area contributed by atoms with Crippen LogP contribution in [0.1, 0.15) is 11.1 Å². The molecule has 0 atom stereocenters. The van der Waals surface area contributed by atoms with Crippen LogP contribution in [0.5, 0.6) is 11.5 Å². The number of benzene rings is 2. The van der Waals surface area contributed by atoms with Gasteiger partial charge in [-0.15, -0.1) is 0 Å². The molecule has 0 aliphatic rings. The van der Waals surface area contributed by atoms with Crippen molar-refractivity contribution in [2.75, 3.05) is 19.5 Å². The fraction of sp³-hybridized carbons (Fsp3) is 0.200. The Balaban J connectivity index is 1.94. The van der Waals surface area contributed by atoms with Crippen molar-refractivity contribution in [3.8, 4) is 11.5 Å². The lowest BCUT2D eigenvalue weighted by atomic mass is 10.1. The number of ether oxygens (including phenoxy) is 2. The van der Waals surface area contributed by atoms with E-state index >= 15 is 0 Å². The van der Waals surface area contributed by atoms with Crippen LogP contribution in [0.25, 0.3) is 16.6 Å². The molecular formula is C20H19BrN4O2. The Morgan fingerprint density at radius 2 is 1.74 bits per heavy atom. The first kappa shape index (κ1) is 17.6. The second kappa shape index (κ2) is 6.74. The number of nitrogens with zero attached hydrogens (tertiary/aromatic N) is 3. The van der Waals surface area contributed by atoms with E-state index in [1.807, 2.05) is 16.5 Å². The molecule has 0 unspecified atom stereocenters. The van der Waals surface area contributed by atoms with E-state index in [1.54, 1.807) is 26.7 Å². The number of anilines is 2. The van der Waals surface area contributed by atoms with Crippen LogP contribution in [0.2, 0.25) is 0 Å². The minimum atomic E-state index is 0.635. The number of rotatable bonds is 4. The van der Waals surface area contributed by atoms with Crippen molar-refractivity contribution in [3.05, 3.63) is 52.4 Å². The molecule has 0 radical (unpaired) electrons. The van der Waals surface area contributed by atoms with Gasteiger partial charge in [-0.2, -0.15) is 0 Å². The summed E-state index contributed by atoms with van der Waals surface area (Å²) < 4.78 is 13.8. The van der Waals surface area contributed by atoms with Crippen LogP contribution in [0.4, 0.5) is 11.5 Å². The van der Waals surface area contributed by atoms with Crippen LogP contribution in [0.3, 0.4) is 0 Å². The highest BCUT2D eigenvalue weighted by Crippen LogP contribution is 2.35. The van der Waals surface area contributed by atoms with Gasteiger partial charge in [-0.1, -0.05) is 6.07 Å². The second-order valence-corrected chi connectivity index (χ2v) is 7.22. The van der Waals surface area contributed by atoms with E-state index in [0.717, 1.165) is 38.1 Å². The van der Waals surface area contributed by atoms with Crippen molar-refractivity contribution in [1.29, 1.82) is 0 Å².